The zero-order chi connectivity index (χ0) is 12.4. The highest BCUT2D eigenvalue weighted by Gasteiger charge is 2.36. The van der Waals surface area contributed by atoms with Gasteiger partial charge in [0.25, 0.3) is 0 Å². The van der Waals surface area contributed by atoms with Crippen molar-refractivity contribution < 1.29 is 4.74 Å². The molecule has 2 heteroatoms. The average Bonchev–Trinajstić information content (AvgIpc) is 2.41. The largest absolute Gasteiger partial charge is 0.384 e. The fourth-order valence-electron chi connectivity index (χ4n) is 3.38. The fraction of sp³-hybridized carbons (Fsp3) is 0.500. The first-order valence-corrected chi connectivity index (χ1v) is 6.82. The maximum absolute atomic E-state index is 5.37. The summed E-state index contributed by atoms with van der Waals surface area (Å²) in [5.41, 5.74) is 1.41. The molecule has 3 atom stereocenters. The molecule has 1 fully saturated rings. The number of nitrogens with zero attached hydrogens (tertiary/aromatic N) is 1. The van der Waals surface area contributed by atoms with Crippen molar-refractivity contribution in [3.8, 4) is 0 Å². The lowest BCUT2D eigenvalue weighted by Gasteiger charge is -2.46. The minimum absolute atomic E-state index is 0.565. The molecule has 0 saturated carbocycles. The first-order chi connectivity index (χ1) is 8.86. The van der Waals surface area contributed by atoms with Crippen LogP contribution in [0, 0.1) is 11.8 Å². The number of benzene rings is 1. The summed E-state index contributed by atoms with van der Waals surface area (Å²) in [6, 6.07) is 11.3. The van der Waals surface area contributed by atoms with Crippen molar-refractivity contribution in [1.82, 2.24) is 4.90 Å². The molecule has 1 saturated heterocycles. The zero-order valence-corrected chi connectivity index (χ0v) is 11.0. The van der Waals surface area contributed by atoms with Gasteiger partial charge in [0, 0.05) is 32.2 Å². The van der Waals surface area contributed by atoms with Crippen LogP contribution in [0.15, 0.2) is 42.5 Å². The molecule has 4 rings (SSSR count). The van der Waals surface area contributed by atoms with Gasteiger partial charge in [-0.2, -0.15) is 0 Å². The van der Waals surface area contributed by atoms with Crippen molar-refractivity contribution in [2.45, 2.75) is 19.0 Å². The van der Waals surface area contributed by atoms with E-state index in [4.69, 9.17) is 4.74 Å². The molecule has 2 aliphatic heterocycles. The fourth-order valence-corrected chi connectivity index (χ4v) is 3.38. The summed E-state index contributed by atoms with van der Waals surface area (Å²) < 4.78 is 5.37. The van der Waals surface area contributed by atoms with E-state index < -0.39 is 0 Å². The summed E-state index contributed by atoms with van der Waals surface area (Å²) in [6.45, 7) is 3.15. The molecule has 96 valence electrons. The van der Waals surface area contributed by atoms with Gasteiger partial charge in [-0.25, -0.2) is 0 Å². The summed E-state index contributed by atoms with van der Waals surface area (Å²) in [5.74, 6) is 1.39. The second-order valence-electron chi connectivity index (χ2n) is 5.50. The van der Waals surface area contributed by atoms with E-state index in [9.17, 15) is 0 Å². The van der Waals surface area contributed by atoms with Crippen LogP contribution in [-0.2, 0) is 11.3 Å². The molecular formula is C16H21NO. The quantitative estimate of drug-likeness (QED) is 0.754. The molecule has 0 aromatic heterocycles. The van der Waals surface area contributed by atoms with Gasteiger partial charge < -0.3 is 4.74 Å². The number of methoxy groups -OCH3 is 1. The molecule has 1 aliphatic carbocycles. The first kappa shape index (κ1) is 11.9. The SMILES string of the molecule is COCC1CC2C=CC1N(Cc1ccccc1)C2. The van der Waals surface area contributed by atoms with Crippen LogP contribution in [0.1, 0.15) is 12.0 Å². The van der Waals surface area contributed by atoms with Gasteiger partial charge in [-0.3, -0.25) is 4.90 Å². The van der Waals surface area contributed by atoms with Gasteiger partial charge in [0.15, 0.2) is 0 Å². The molecule has 2 nitrogen and oxygen atoms in total. The predicted molar refractivity (Wildman–Crippen MR) is 73.3 cm³/mol. The highest BCUT2D eigenvalue weighted by atomic mass is 16.5. The van der Waals surface area contributed by atoms with E-state index in [1.54, 1.807) is 0 Å². The number of rotatable bonds is 4. The zero-order valence-electron chi connectivity index (χ0n) is 11.0. The lowest BCUT2D eigenvalue weighted by Crippen LogP contribution is -2.51. The maximum Gasteiger partial charge on any atom is 0.0508 e. The van der Waals surface area contributed by atoms with Crippen LogP contribution in [0.25, 0.3) is 0 Å². The lowest BCUT2D eigenvalue weighted by atomic mass is 9.78. The molecule has 2 heterocycles. The van der Waals surface area contributed by atoms with Gasteiger partial charge in [0.2, 0.25) is 0 Å². The van der Waals surface area contributed by atoms with Gasteiger partial charge in [-0.15, -0.1) is 0 Å². The highest BCUT2D eigenvalue weighted by molar-refractivity contribution is 5.17. The molecule has 1 aromatic carbocycles. The Hall–Kier alpha value is -1.12. The Labute approximate surface area is 109 Å². The Kier molecular flexibility index (Phi) is 3.48. The summed E-state index contributed by atoms with van der Waals surface area (Å²) >= 11 is 0. The molecule has 3 unspecified atom stereocenters. The van der Waals surface area contributed by atoms with Crippen LogP contribution in [0.3, 0.4) is 0 Å². The molecule has 0 N–H and O–H groups in total. The van der Waals surface area contributed by atoms with Gasteiger partial charge >= 0.3 is 0 Å². The topological polar surface area (TPSA) is 12.5 Å². The Morgan fingerprint density at radius 1 is 1.22 bits per heavy atom. The van der Waals surface area contributed by atoms with Crippen molar-refractivity contribution in [2.75, 3.05) is 20.3 Å². The first-order valence-electron chi connectivity index (χ1n) is 6.82. The minimum atomic E-state index is 0.565. The monoisotopic (exact) mass is 243 g/mol. The van der Waals surface area contributed by atoms with E-state index in [1.807, 2.05) is 7.11 Å². The number of ether oxygens (including phenoxy) is 1. The molecule has 2 bridgehead atoms. The third kappa shape index (κ3) is 2.36. The second kappa shape index (κ2) is 5.25. The number of fused-ring (bicyclic) bond motifs is 2. The smallest absolute Gasteiger partial charge is 0.0508 e. The highest BCUT2D eigenvalue weighted by Crippen LogP contribution is 2.35. The van der Waals surface area contributed by atoms with Crippen molar-refractivity contribution in [1.29, 1.82) is 0 Å². The van der Waals surface area contributed by atoms with Gasteiger partial charge in [-0.1, -0.05) is 42.5 Å². The molecule has 1 aromatic rings. The average molecular weight is 243 g/mol. The van der Waals surface area contributed by atoms with E-state index in [2.05, 4.69) is 47.4 Å². The maximum atomic E-state index is 5.37. The van der Waals surface area contributed by atoms with E-state index in [1.165, 1.54) is 18.5 Å². The summed E-state index contributed by atoms with van der Waals surface area (Å²) in [6.07, 6.45) is 6.09. The molecule has 0 amide bonds. The number of hydrogen-bond donors (Lipinski definition) is 0. The van der Waals surface area contributed by atoms with E-state index >= 15 is 0 Å². The Balaban J connectivity index is 1.72. The van der Waals surface area contributed by atoms with E-state index in [0.29, 0.717) is 12.0 Å². The third-order valence-electron chi connectivity index (χ3n) is 4.17. The van der Waals surface area contributed by atoms with Gasteiger partial charge in [0.1, 0.15) is 0 Å². The second-order valence-corrected chi connectivity index (χ2v) is 5.50. The molecule has 18 heavy (non-hydrogen) atoms. The molecular weight excluding hydrogens is 222 g/mol. The number of piperidine rings is 1. The normalized spacial score (nSPS) is 30.8. The van der Waals surface area contributed by atoms with Crippen molar-refractivity contribution in [2.24, 2.45) is 11.8 Å². The summed E-state index contributed by atoms with van der Waals surface area (Å²) in [5, 5.41) is 0. The van der Waals surface area contributed by atoms with Crippen LogP contribution >= 0.6 is 0 Å². The molecule has 0 spiro atoms. The third-order valence-corrected chi connectivity index (χ3v) is 4.17. The number of hydrogen-bond acceptors (Lipinski definition) is 2. The van der Waals surface area contributed by atoms with Gasteiger partial charge in [0.05, 0.1) is 6.61 Å². The minimum Gasteiger partial charge on any atom is -0.384 e. The molecule has 3 aliphatic rings. The van der Waals surface area contributed by atoms with Crippen LogP contribution in [-0.4, -0.2) is 31.2 Å². The van der Waals surface area contributed by atoms with Crippen LogP contribution in [0.2, 0.25) is 0 Å². The van der Waals surface area contributed by atoms with Crippen LogP contribution in [0.5, 0.6) is 0 Å². The van der Waals surface area contributed by atoms with Crippen LogP contribution in [0.4, 0.5) is 0 Å². The predicted octanol–water partition coefficient (Wildman–Crippen LogP) is 2.71. The van der Waals surface area contributed by atoms with Gasteiger partial charge in [-0.05, 0) is 17.9 Å². The standard InChI is InChI=1S/C16H21NO/c1-18-12-15-9-14-7-8-16(15)17(11-14)10-13-5-3-2-4-6-13/h2-8,14-16H,9-12H2,1H3. The van der Waals surface area contributed by atoms with E-state index in [-0.39, 0.29) is 0 Å². The van der Waals surface area contributed by atoms with Crippen molar-refractivity contribution in [3.63, 3.8) is 0 Å². The van der Waals surface area contributed by atoms with Crippen molar-refractivity contribution in [3.05, 3.63) is 48.0 Å². The summed E-state index contributed by atoms with van der Waals surface area (Å²) in [7, 11) is 1.81. The van der Waals surface area contributed by atoms with E-state index in [0.717, 1.165) is 19.1 Å². The Morgan fingerprint density at radius 3 is 2.78 bits per heavy atom. The molecule has 0 radical (unpaired) electrons. The van der Waals surface area contributed by atoms with Crippen LogP contribution < -0.4 is 0 Å². The Bertz CT molecular complexity index is 414. The van der Waals surface area contributed by atoms with Crippen molar-refractivity contribution >= 4 is 0 Å². The Morgan fingerprint density at radius 2 is 2.06 bits per heavy atom. The summed E-state index contributed by atoms with van der Waals surface area (Å²) in [4.78, 5) is 2.60. The lowest BCUT2D eigenvalue weighted by molar-refractivity contribution is 0.0292.